The minimum absolute atomic E-state index is 0.00230. The molecule has 4 aromatic rings. The Hall–Kier alpha value is -4.40. The first-order valence-electron chi connectivity index (χ1n) is 14.3. The van der Waals surface area contributed by atoms with Gasteiger partial charge in [-0.2, -0.15) is 4.31 Å². The molecule has 0 unspecified atom stereocenters. The molecule has 0 aliphatic carbocycles. The molecule has 0 bridgehead atoms. The van der Waals surface area contributed by atoms with Crippen LogP contribution in [-0.4, -0.2) is 71.9 Å². The standard InChI is InChI=1S/C31H36N6O6S2/c1-5-36(6-2)45(40,41)25-18-12-22(13-19-25)30(39)32-20-28-34-35-31(37(28)26-10-8-9-11-27(26)42-4)44-21-29(38)33-23-14-16-24(17-15-23)43-7-3/h8-19H,5-7,20-21H2,1-4H3,(H,32,39)(H,33,38). The molecule has 0 spiro atoms. The largest absolute Gasteiger partial charge is 0.495 e. The van der Waals surface area contributed by atoms with E-state index >= 15 is 0 Å². The smallest absolute Gasteiger partial charge is 0.251 e. The van der Waals surface area contributed by atoms with Crippen LogP contribution in [0.25, 0.3) is 5.69 Å². The van der Waals surface area contributed by atoms with Crippen molar-refractivity contribution in [1.29, 1.82) is 0 Å². The van der Waals surface area contributed by atoms with Crippen molar-refractivity contribution < 1.29 is 27.5 Å². The highest BCUT2D eigenvalue weighted by molar-refractivity contribution is 7.99. The summed E-state index contributed by atoms with van der Waals surface area (Å²) < 4.78 is 39.7. The lowest BCUT2D eigenvalue weighted by molar-refractivity contribution is -0.113. The van der Waals surface area contributed by atoms with Gasteiger partial charge < -0.3 is 20.1 Å². The number of hydrogen-bond donors (Lipinski definition) is 2. The Morgan fingerprint density at radius 3 is 2.27 bits per heavy atom. The summed E-state index contributed by atoms with van der Waals surface area (Å²) in [4.78, 5) is 25.9. The number of nitrogens with one attached hydrogen (secondary N) is 2. The first-order chi connectivity index (χ1) is 21.7. The van der Waals surface area contributed by atoms with Crippen LogP contribution in [0.5, 0.6) is 11.5 Å². The summed E-state index contributed by atoms with van der Waals surface area (Å²) in [5, 5.41) is 14.7. The number of hydrogen-bond acceptors (Lipinski definition) is 9. The first-order valence-corrected chi connectivity index (χ1v) is 16.8. The molecule has 1 heterocycles. The average molecular weight is 653 g/mol. The van der Waals surface area contributed by atoms with E-state index in [9.17, 15) is 18.0 Å². The number of carbonyl (C=O) groups excluding carboxylic acids is 2. The Morgan fingerprint density at radius 2 is 1.62 bits per heavy atom. The topological polar surface area (TPSA) is 145 Å². The maximum atomic E-state index is 13.0. The molecule has 12 nitrogen and oxygen atoms in total. The number of anilines is 1. The molecular weight excluding hydrogens is 617 g/mol. The molecule has 0 aliphatic rings. The van der Waals surface area contributed by atoms with E-state index in [1.165, 1.54) is 40.3 Å². The first kappa shape index (κ1) is 33.5. The number of methoxy groups -OCH3 is 1. The summed E-state index contributed by atoms with van der Waals surface area (Å²) in [6, 6.07) is 20.2. The van der Waals surface area contributed by atoms with Gasteiger partial charge in [0.1, 0.15) is 11.5 Å². The van der Waals surface area contributed by atoms with E-state index < -0.39 is 15.9 Å². The zero-order valence-electron chi connectivity index (χ0n) is 25.5. The minimum atomic E-state index is -3.64. The zero-order chi connectivity index (χ0) is 32.4. The Bertz CT molecular complexity index is 1710. The highest BCUT2D eigenvalue weighted by atomic mass is 32.2. The van der Waals surface area contributed by atoms with E-state index in [-0.39, 0.29) is 28.7 Å². The van der Waals surface area contributed by atoms with Crippen LogP contribution < -0.4 is 20.1 Å². The van der Waals surface area contributed by atoms with Crippen molar-refractivity contribution in [3.63, 3.8) is 0 Å². The summed E-state index contributed by atoms with van der Waals surface area (Å²) in [5.74, 6) is 1.07. The number of amides is 2. The summed E-state index contributed by atoms with van der Waals surface area (Å²) >= 11 is 1.18. The molecule has 0 saturated carbocycles. The number of sulfonamides is 1. The Kier molecular flexibility index (Phi) is 11.6. The van der Waals surface area contributed by atoms with Crippen molar-refractivity contribution in [2.75, 3.05) is 37.9 Å². The summed E-state index contributed by atoms with van der Waals surface area (Å²) in [5.41, 5.74) is 1.56. The third kappa shape index (κ3) is 8.21. The lowest BCUT2D eigenvalue weighted by Gasteiger charge is -2.18. The van der Waals surface area contributed by atoms with Crippen LogP contribution in [0.1, 0.15) is 37.0 Å². The van der Waals surface area contributed by atoms with Gasteiger partial charge in [-0.15, -0.1) is 10.2 Å². The number of thioether (sulfide) groups is 1. The van der Waals surface area contributed by atoms with Crippen LogP contribution >= 0.6 is 11.8 Å². The third-order valence-electron chi connectivity index (χ3n) is 6.67. The van der Waals surface area contributed by atoms with Gasteiger partial charge in [0, 0.05) is 24.3 Å². The van der Waals surface area contributed by atoms with Gasteiger partial charge in [0.25, 0.3) is 5.91 Å². The van der Waals surface area contributed by atoms with Gasteiger partial charge in [0.2, 0.25) is 15.9 Å². The highest BCUT2D eigenvalue weighted by Gasteiger charge is 2.23. The van der Waals surface area contributed by atoms with E-state index in [4.69, 9.17) is 9.47 Å². The van der Waals surface area contributed by atoms with Crippen LogP contribution in [0, 0.1) is 0 Å². The fourth-order valence-electron chi connectivity index (χ4n) is 4.45. The van der Waals surface area contributed by atoms with Crippen molar-refractivity contribution in [2.24, 2.45) is 0 Å². The van der Waals surface area contributed by atoms with E-state index in [2.05, 4.69) is 20.8 Å². The Morgan fingerprint density at radius 1 is 0.933 bits per heavy atom. The van der Waals surface area contributed by atoms with Crippen molar-refractivity contribution in [2.45, 2.75) is 37.4 Å². The second kappa shape index (κ2) is 15.5. The molecule has 0 aliphatic heterocycles. The molecule has 238 valence electrons. The van der Waals surface area contributed by atoms with Crippen LogP contribution in [0.4, 0.5) is 5.69 Å². The van der Waals surface area contributed by atoms with Gasteiger partial charge >= 0.3 is 0 Å². The summed E-state index contributed by atoms with van der Waals surface area (Å²) in [6.45, 7) is 6.70. The number of rotatable bonds is 15. The molecule has 1 aromatic heterocycles. The highest BCUT2D eigenvalue weighted by Crippen LogP contribution is 2.29. The maximum absolute atomic E-state index is 13.0. The van der Waals surface area contributed by atoms with Crippen molar-refractivity contribution >= 4 is 39.3 Å². The van der Waals surface area contributed by atoms with Crippen molar-refractivity contribution in [3.05, 3.63) is 84.2 Å². The second-order valence-corrected chi connectivity index (χ2v) is 12.4. The molecule has 0 radical (unpaired) electrons. The van der Waals surface area contributed by atoms with Crippen LogP contribution in [-0.2, 0) is 21.4 Å². The van der Waals surface area contributed by atoms with E-state index in [0.29, 0.717) is 47.8 Å². The molecule has 0 fully saturated rings. The van der Waals surface area contributed by atoms with Gasteiger partial charge in [-0.25, -0.2) is 8.42 Å². The zero-order valence-corrected chi connectivity index (χ0v) is 27.2. The normalized spacial score (nSPS) is 11.3. The van der Waals surface area contributed by atoms with Crippen LogP contribution in [0.15, 0.2) is 82.8 Å². The monoisotopic (exact) mass is 652 g/mol. The molecule has 2 N–H and O–H groups in total. The number of para-hydroxylation sites is 2. The van der Waals surface area contributed by atoms with Gasteiger partial charge in [-0.3, -0.25) is 14.2 Å². The molecule has 3 aromatic carbocycles. The molecule has 4 rings (SSSR count). The van der Waals surface area contributed by atoms with Crippen LogP contribution in [0.3, 0.4) is 0 Å². The van der Waals surface area contributed by atoms with E-state index in [1.807, 2.05) is 25.1 Å². The predicted molar refractivity (Wildman–Crippen MR) is 173 cm³/mol. The predicted octanol–water partition coefficient (Wildman–Crippen LogP) is 4.37. The molecule has 45 heavy (non-hydrogen) atoms. The second-order valence-electron chi connectivity index (χ2n) is 9.50. The Labute approximate surface area is 267 Å². The fourth-order valence-corrected chi connectivity index (χ4v) is 6.67. The molecule has 2 amide bonds. The molecule has 0 saturated heterocycles. The number of carbonyl (C=O) groups is 2. The van der Waals surface area contributed by atoms with Gasteiger partial charge in [0.15, 0.2) is 11.0 Å². The van der Waals surface area contributed by atoms with Gasteiger partial charge in [-0.1, -0.05) is 37.7 Å². The number of benzene rings is 3. The van der Waals surface area contributed by atoms with Gasteiger partial charge in [-0.05, 0) is 67.6 Å². The quantitative estimate of drug-likeness (QED) is 0.179. The van der Waals surface area contributed by atoms with Crippen LogP contribution in [0.2, 0.25) is 0 Å². The maximum Gasteiger partial charge on any atom is 0.251 e. The SMILES string of the molecule is CCOc1ccc(NC(=O)CSc2nnc(CNC(=O)c3ccc(S(=O)(=O)N(CC)CC)cc3)n2-c2ccccc2OC)cc1. The van der Waals surface area contributed by atoms with Crippen molar-refractivity contribution in [1.82, 2.24) is 24.4 Å². The average Bonchev–Trinajstić information content (AvgIpc) is 3.46. The number of aromatic nitrogens is 3. The van der Waals surface area contributed by atoms with Crippen molar-refractivity contribution in [3.8, 4) is 17.2 Å². The fraction of sp³-hybridized carbons (Fsp3) is 0.290. The van der Waals surface area contributed by atoms with E-state index in [0.717, 1.165) is 5.75 Å². The molecule has 14 heteroatoms. The summed E-state index contributed by atoms with van der Waals surface area (Å²) in [7, 11) is -2.09. The minimum Gasteiger partial charge on any atom is -0.495 e. The third-order valence-corrected chi connectivity index (χ3v) is 9.67. The van der Waals surface area contributed by atoms with Gasteiger partial charge in [0.05, 0.1) is 36.6 Å². The molecule has 0 atom stereocenters. The lowest BCUT2D eigenvalue weighted by atomic mass is 10.2. The van der Waals surface area contributed by atoms with E-state index in [1.54, 1.807) is 55.9 Å². The summed E-state index contributed by atoms with van der Waals surface area (Å²) in [6.07, 6.45) is 0. The number of nitrogens with zero attached hydrogens (tertiary/aromatic N) is 4. The Balaban J connectivity index is 1.49. The molecular formula is C31H36N6O6S2. The lowest BCUT2D eigenvalue weighted by Crippen LogP contribution is -2.30. The number of ether oxygens (including phenoxy) is 2.